The maximum Gasteiger partial charge on any atom is 0.412 e. The predicted molar refractivity (Wildman–Crippen MR) is 130 cm³/mol. The van der Waals surface area contributed by atoms with Gasteiger partial charge in [0, 0.05) is 22.5 Å². The molecule has 0 aromatic heterocycles. The van der Waals surface area contributed by atoms with E-state index in [2.05, 4.69) is 6.08 Å². The second-order valence-electron chi connectivity index (χ2n) is 11.7. The fraction of sp³-hybridized carbons (Fsp3) is 0.840. The van der Waals surface area contributed by atoms with E-state index in [1.54, 1.807) is 16.7 Å². The quantitative estimate of drug-likeness (QED) is 0.378. The zero-order valence-corrected chi connectivity index (χ0v) is 22.7. The van der Waals surface area contributed by atoms with Crippen LogP contribution < -0.4 is 0 Å². The van der Waals surface area contributed by atoms with E-state index in [1.165, 1.54) is 0 Å². The number of allylic oxidation sites excluding steroid dienone is 1. The molecule has 3 heterocycles. The molecule has 1 amide bonds. The number of amides is 1. The van der Waals surface area contributed by atoms with Gasteiger partial charge in [0.25, 0.3) is 0 Å². The van der Waals surface area contributed by atoms with Gasteiger partial charge in [-0.1, -0.05) is 13.0 Å². The molecule has 0 spiro atoms. The molecule has 8 nitrogen and oxygen atoms in total. The first-order valence-corrected chi connectivity index (χ1v) is 13.1. The van der Waals surface area contributed by atoms with Crippen LogP contribution in [0.2, 0.25) is 0 Å². The Balaban J connectivity index is 1.44. The van der Waals surface area contributed by atoms with Crippen LogP contribution in [0.5, 0.6) is 0 Å². The van der Waals surface area contributed by atoms with Crippen LogP contribution in [0.25, 0.3) is 0 Å². The highest BCUT2D eigenvalue weighted by Crippen LogP contribution is 2.46. The molecule has 3 fully saturated rings. The van der Waals surface area contributed by atoms with E-state index in [-0.39, 0.29) is 36.2 Å². The summed E-state index contributed by atoms with van der Waals surface area (Å²) in [5.41, 5.74) is -1.62. The number of unbranched alkanes of at least 4 members (excludes halogenated alkanes) is 1. The van der Waals surface area contributed by atoms with Gasteiger partial charge in [-0.15, -0.1) is 11.8 Å². The molecule has 9 heteroatoms. The normalized spacial score (nSPS) is 28.6. The summed E-state index contributed by atoms with van der Waals surface area (Å²) >= 11 is 1.70. The van der Waals surface area contributed by atoms with E-state index in [0.29, 0.717) is 26.1 Å². The molecule has 3 aliphatic heterocycles. The first-order chi connectivity index (χ1) is 15.6. The van der Waals surface area contributed by atoms with Crippen molar-refractivity contribution in [3.8, 4) is 0 Å². The number of esters is 1. The molecule has 3 rings (SSSR count). The number of hydrogen-bond donors (Lipinski definition) is 0. The summed E-state index contributed by atoms with van der Waals surface area (Å²) in [7, 11) is 0. The second-order valence-corrected chi connectivity index (χ2v) is 12.8. The predicted octanol–water partition coefficient (Wildman–Crippen LogP) is 4.86. The van der Waals surface area contributed by atoms with Gasteiger partial charge in [0.1, 0.15) is 24.0 Å². The van der Waals surface area contributed by atoms with E-state index in [9.17, 15) is 9.59 Å². The SMILES string of the molecule is CC1(COC(=O)CCC/C=C2/SC[C@H]3[C@@H]2OC(C)(C)N3C(=O)OC(C)(C)C)COC(C)(C)OC1. The largest absolute Gasteiger partial charge is 0.465 e. The Morgan fingerprint density at radius 3 is 2.41 bits per heavy atom. The average molecular weight is 500 g/mol. The summed E-state index contributed by atoms with van der Waals surface area (Å²) in [6.07, 6.45) is 3.41. The van der Waals surface area contributed by atoms with Crippen molar-refractivity contribution in [3.05, 3.63) is 11.0 Å². The minimum atomic E-state index is -0.737. The molecule has 0 aromatic rings. The Bertz CT molecular complexity index is 792. The van der Waals surface area contributed by atoms with Gasteiger partial charge in [-0.2, -0.15) is 0 Å². The molecule has 0 aliphatic carbocycles. The number of ether oxygens (including phenoxy) is 5. The number of carbonyl (C=O) groups excluding carboxylic acids is 2. The maximum atomic E-state index is 12.8. The lowest BCUT2D eigenvalue weighted by atomic mass is 9.93. The summed E-state index contributed by atoms with van der Waals surface area (Å²) < 4.78 is 28.8. The number of carbonyl (C=O) groups is 2. The van der Waals surface area contributed by atoms with E-state index in [0.717, 1.165) is 17.1 Å². The third kappa shape index (κ3) is 6.89. The van der Waals surface area contributed by atoms with Crippen LogP contribution in [-0.4, -0.2) is 71.8 Å². The Hall–Kier alpha value is -1.29. The molecule has 3 aliphatic rings. The van der Waals surface area contributed by atoms with Gasteiger partial charge in [-0.3, -0.25) is 9.69 Å². The van der Waals surface area contributed by atoms with Crippen molar-refractivity contribution in [1.29, 1.82) is 0 Å². The van der Waals surface area contributed by atoms with Gasteiger partial charge in [-0.05, 0) is 61.3 Å². The summed E-state index contributed by atoms with van der Waals surface area (Å²) in [6.45, 7) is 16.4. The molecule has 0 aromatic carbocycles. The van der Waals surface area contributed by atoms with E-state index in [1.807, 2.05) is 55.4 Å². The molecule has 194 valence electrons. The van der Waals surface area contributed by atoms with Crippen LogP contribution in [-0.2, 0) is 28.5 Å². The molecule has 0 bridgehead atoms. The summed E-state index contributed by atoms with van der Waals surface area (Å²) in [4.78, 5) is 27.9. The number of hydrogen-bond acceptors (Lipinski definition) is 8. The molecule has 3 saturated heterocycles. The standard InChI is InChI=1S/C25H41NO7S/c1-22(2,3)33-21(28)26-17-13-34-18(20(17)32-23(26,4)5)11-9-10-12-19(27)29-14-25(8)15-30-24(6,7)31-16-25/h11,17,20H,9-10,12-16H2,1-8H3/b18-11+/t17-,20-/m0/s1. The van der Waals surface area contributed by atoms with Gasteiger partial charge in [0.05, 0.1) is 19.3 Å². The highest BCUT2D eigenvalue weighted by atomic mass is 32.2. The first-order valence-electron chi connectivity index (χ1n) is 12.1. The Kier molecular flexibility index (Phi) is 8.02. The number of nitrogens with zero attached hydrogens (tertiary/aromatic N) is 1. The Labute approximate surface area is 208 Å². The molecule has 0 unspecified atom stereocenters. The van der Waals surface area contributed by atoms with Gasteiger partial charge in [-0.25, -0.2) is 4.79 Å². The lowest BCUT2D eigenvalue weighted by Crippen LogP contribution is -2.50. The van der Waals surface area contributed by atoms with Crippen LogP contribution in [0.1, 0.15) is 74.7 Å². The van der Waals surface area contributed by atoms with Crippen molar-refractivity contribution < 1.29 is 33.3 Å². The fourth-order valence-electron chi connectivity index (χ4n) is 4.18. The lowest BCUT2D eigenvalue weighted by molar-refractivity contribution is -0.287. The molecule has 0 saturated carbocycles. The van der Waals surface area contributed by atoms with Gasteiger partial charge in [0.2, 0.25) is 0 Å². The van der Waals surface area contributed by atoms with Crippen LogP contribution >= 0.6 is 11.8 Å². The topological polar surface area (TPSA) is 83.5 Å². The molecule has 34 heavy (non-hydrogen) atoms. The van der Waals surface area contributed by atoms with Crippen molar-refractivity contribution in [2.75, 3.05) is 25.6 Å². The Morgan fingerprint density at radius 2 is 1.79 bits per heavy atom. The van der Waals surface area contributed by atoms with Crippen molar-refractivity contribution in [2.45, 2.75) is 104 Å². The third-order valence-electron chi connectivity index (χ3n) is 6.02. The maximum absolute atomic E-state index is 12.8. The van der Waals surface area contributed by atoms with Crippen molar-refractivity contribution in [1.82, 2.24) is 4.90 Å². The fourth-order valence-corrected chi connectivity index (χ4v) is 5.47. The van der Waals surface area contributed by atoms with Crippen LogP contribution in [0.3, 0.4) is 0 Å². The van der Waals surface area contributed by atoms with Crippen LogP contribution in [0.15, 0.2) is 11.0 Å². The van der Waals surface area contributed by atoms with E-state index >= 15 is 0 Å². The first kappa shape index (κ1) is 27.3. The van der Waals surface area contributed by atoms with Crippen molar-refractivity contribution in [3.63, 3.8) is 0 Å². The van der Waals surface area contributed by atoms with Gasteiger partial charge in [0.15, 0.2) is 5.79 Å². The van der Waals surface area contributed by atoms with E-state index in [4.69, 9.17) is 23.7 Å². The number of rotatable bonds is 6. The molecular formula is C25H41NO7S. The minimum absolute atomic E-state index is 0.0586. The van der Waals surface area contributed by atoms with Crippen LogP contribution in [0, 0.1) is 5.41 Å². The summed E-state index contributed by atoms with van der Waals surface area (Å²) in [5.74, 6) is -0.0345. The van der Waals surface area contributed by atoms with Crippen molar-refractivity contribution >= 4 is 23.8 Å². The smallest absolute Gasteiger partial charge is 0.412 e. The monoisotopic (exact) mass is 499 g/mol. The average Bonchev–Trinajstić information content (AvgIpc) is 3.19. The minimum Gasteiger partial charge on any atom is -0.465 e. The zero-order chi connectivity index (χ0) is 25.4. The van der Waals surface area contributed by atoms with Crippen LogP contribution in [0.4, 0.5) is 4.79 Å². The third-order valence-corrected chi connectivity index (χ3v) is 7.26. The highest BCUT2D eigenvalue weighted by Gasteiger charge is 2.55. The van der Waals surface area contributed by atoms with E-state index < -0.39 is 17.1 Å². The second kappa shape index (κ2) is 9.99. The van der Waals surface area contributed by atoms with Gasteiger partial charge >= 0.3 is 12.1 Å². The molecule has 0 N–H and O–H groups in total. The summed E-state index contributed by atoms with van der Waals surface area (Å²) in [5, 5.41) is 0. The highest BCUT2D eigenvalue weighted by molar-refractivity contribution is 8.03. The van der Waals surface area contributed by atoms with Gasteiger partial charge < -0.3 is 23.7 Å². The van der Waals surface area contributed by atoms with Crippen molar-refractivity contribution in [2.24, 2.45) is 5.41 Å². The lowest BCUT2D eigenvalue weighted by Gasteiger charge is -2.40. The molecule has 0 radical (unpaired) electrons. The Morgan fingerprint density at radius 1 is 1.15 bits per heavy atom. The molecular weight excluding hydrogens is 458 g/mol. The number of fused-ring (bicyclic) bond motifs is 1. The summed E-state index contributed by atoms with van der Waals surface area (Å²) in [6, 6.07) is -0.0586. The number of thioether (sulfide) groups is 1. The zero-order valence-electron chi connectivity index (χ0n) is 21.9. The molecule has 2 atom stereocenters.